The smallest absolute Gasteiger partial charge is 0.481 e. The number of hydrogen-bond donors (Lipinski definition) is 2. The van der Waals surface area contributed by atoms with Crippen LogP contribution in [-0.4, -0.2) is 23.2 Å². The van der Waals surface area contributed by atoms with Crippen molar-refractivity contribution < 1.29 is 19.6 Å². The Bertz CT molecular complexity index is 404. The van der Waals surface area contributed by atoms with Crippen LogP contribution in [0.1, 0.15) is 24.0 Å². The molecule has 0 unspecified atom stereocenters. The second kappa shape index (κ2) is 3.68. The first kappa shape index (κ1) is 10.2. The summed E-state index contributed by atoms with van der Waals surface area (Å²) in [4.78, 5) is 10.8. The van der Waals surface area contributed by atoms with Gasteiger partial charge in [-0.1, -0.05) is 18.2 Å². The molecule has 0 spiro atoms. The van der Waals surface area contributed by atoms with E-state index in [2.05, 4.69) is 0 Å². The minimum atomic E-state index is -0.916. The number of carboxylic acids is 1. The molecule has 1 heterocycles. The van der Waals surface area contributed by atoms with Gasteiger partial charge in [-0.05, 0) is 23.5 Å². The second-order valence-electron chi connectivity index (χ2n) is 3.68. The van der Waals surface area contributed by atoms with Crippen molar-refractivity contribution in [1.82, 2.24) is 0 Å². The minimum absolute atomic E-state index is 0.387. The van der Waals surface area contributed by atoms with Gasteiger partial charge in [0.2, 0.25) is 0 Å². The quantitative estimate of drug-likeness (QED) is 0.673. The van der Waals surface area contributed by atoms with Gasteiger partial charge < -0.3 is 14.8 Å². The van der Waals surface area contributed by atoms with Crippen LogP contribution in [0.5, 0.6) is 0 Å². The first-order valence-corrected chi connectivity index (χ1v) is 4.75. The zero-order valence-corrected chi connectivity index (χ0v) is 8.30. The number of benzene rings is 1. The fourth-order valence-electron chi connectivity index (χ4n) is 1.65. The molecular formula is C10H11BO4. The van der Waals surface area contributed by atoms with Crippen molar-refractivity contribution in [3.8, 4) is 0 Å². The van der Waals surface area contributed by atoms with Gasteiger partial charge in [-0.2, -0.15) is 0 Å². The third-order valence-electron chi connectivity index (χ3n) is 2.70. The standard InChI is InChI=1S/C10H11BO4/c1-6(10(12)13)7-2-3-8-5-15-11(14)9(8)4-7/h2-4,6,14H,5H2,1H3,(H,12,13)/t6-/m0/s1. The Morgan fingerprint density at radius 3 is 3.00 bits per heavy atom. The Kier molecular flexibility index (Phi) is 2.50. The maximum Gasteiger partial charge on any atom is 0.491 e. The van der Waals surface area contributed by atoms with Crippen LogP contribution in [0.4, 0.5) is 0 Å². The number of fused-ring (bicyclic) bond motifs is 1. The molecule has 0 aromatic heterocycles. The van der Waals surface area contributed by atoms with Crippen LogP contribution in [0.15, 0.2) is 18.2 Å². The Hall–Kier alpha value is -1.33. The molecule has 0 saturated heterocycles. The summed E-state index contributed by atoms with van der Waals surface area (Å²) in [5.41, 5.74) is 2.29. The number of hydrogen-bond acceptors (Lipinski definition) is 3. The van der Waals surface area contributed by atoms with Crippen molar-refractivity contribution in [2.45, 2.75) is 19.4 Å². The van der Waals surface area contributed by atoms with E-state index in [1.807, 2.05) is 0 Å². The Labute approximate surface area is 87.6 Å². The van der Waals surface area contributed by atoms with Crippen molar-refractivity contribution in [1.29, 1.82) is 0 Å². The van der Waals surface area contributed by atoms with E-state index in [0.717, 1.165) is 5.56 Å². The summed E-state index contributed by atoms with van der Waals surface area (Å²) < 4.78 is 5.03. The van der Waals surface area contributed by atoms with E-state index < -0.39 is 19.0 Å². The van der Waals surface area contributed by atoms with Gasteiger partial charge in [0.1, 0.15) is 0 Å². The first-order chi connectivity index (χ1) is 7.09. The lowest BCUT2D eigenvalue weighted by molar-refractivity contribution is -0.138. The van der Waals surface area contributed by atoms with Crippen molar-refractivity contribution in [3.05, 3.63) is 29.3 Å². The van der Waals surface area contributed by atoms with Crippen LogP contribution in [0.2, 0.25) is 0 Å². The molecule has 0 aliphatic carbocycles. The molecule has 78 valence electrons. The van der Waals surface area contributed by atoms with Crippen molar-refractivity contribution >= 4 is 18.6 Å². The summed E-state index contributed by atoms with van der Waals surface area (Å²) in [7, 11) is -0.916. The Morgan fingerprint density at radius 2 is 2.33 bits per heavy atom. The highest BCUT2D eigenvalue weighted by Crippen LogP contribution is 2.18. The zero-order chi connectivity index (χ0) is 11.0. The minimum Gasteiger partial charge on any atom is -0.481 e. The SMILES string of the molecule is C[C@H](C(=O)O)c1ccc2c(c1)B(O)OC2. The summed E-state index contributed by atoms with van der Waals surface area (Å²) in [6.07, 6.45) is 0. The summed E-state index contributed by atoms with van der Waals surface area (Å²) >= 11 is 0. The second-order valence-corrected chi connectivity index (χ2v) is 3.68. The van der Waals surface area contributed by atoms with Crippen LogP contribution >= 0.6 is 0 Å². The molecule has 1 aliphatic rings. The Balaban J connectivity index is 2.37. The molecule has 0 fully saturated rings. The van der Waals surface area contributed by atoms with E-state index in [4.69, 9.17) is 9.76 Å². The van der Waals surface area contributed by atoms with Crippen LogP contribution in [0.25, 0.3) is 0 Å². The summed E-state index contributed by atoms with van der Waals surface area (Å²) in [5.74, 6) is -1.44. The fraction of sp³-hybridized carbons (Fsp3) is 0.300. The molecule has 0 saturated carbocycles. The number of aliphatic carboxylic acids is 1. The van der Waals surface area contributed by atoms with E-state index in [1.165, 1.54) is 0 Å². The monoisotopic (exact) mass is 206 g/mol. The number of carbonyl (C=O) groups is 1. The van der Waals surface area contributed by atoms with Crippen molar-refractivity contribution in [2.24, 2.45) is 0 Å². The number of carboxylic acid groups (broad SMARTS) is 1. The molecule has 1 atom stereocenters. The highest BCUT2D eigenvalue weighted by molar-refractivity contribution is 6.61. The van der Waals surface area contributed by atoms with E-state index in [9.17, 15) is 9.82 Å². The molecule has 0 radical (unpaired) electrons. The summed E-state index contributed by atoms with van der Waals surface area (Å²) in [6, 6.07) is 5.27. The van der Waals surface area contributed by atoms with Gasteiger partial charge >= 0.3 is 13.1 Å². The molecule has 2 N–H and O–H groups in total. The molecule has 2 rings (SSSR count). The van der Waals surface area contributed by atoms with Gasteiger partial charge in [-0.25, -0.2) is 0 Å². The third kappa shape index (κ3) is 1.76. The third-order valence-corrected chi connectivity index (χ3v) is 2.70. The van der Waals surface area contributed by atoms with Gasteiger partial charge in [0.15, 0.2) is 0 Å². The first-order valence-electron chi connectivity index (χ1n) is 4.75. The largest absolute Gasteiger partial charge is 0.491 e. The van der Waals surface area contributed by atoms with Crippen molar-refractivity contribution in [3.63, 3.8) is 0 Å². The lowest BCUT2D eigenvalue weighted by Crippen LogP contribution is -2.28. The molecule has 0 amide bonds. The predicted molar refractivity (Wildman–Crippen MR) is 54.9 cm³/mol. The maximum absolute atomic E-state index is 10.8. The van der Waals surface area contributed by atoms with Crippen LogP contribution < -0.4 is 5.46 Å². The highest BCUT2D eigenvalue weighted by Gasteiger charge is 2.28. The fourth-order valence-corrected chi connectivity index (χ4v) is 1.65. The average Bonchev–Trinajstić information content (AvgIpc) is 2.59. The predicted octanol–water partition coefficient (Wildman–Crippen LogP) is 0.0924. The molecule has 1 aromatic carbocycles. The van der Waals surface area contributed by atoms with Gasteiger partial charge in [-0.15, -0.1) is 0 Å². The molecule has 1 aromatic rings. The zero-order valence-electron chi connectivity index (χ0n) is 8.30. The molecular weight excluding hydrogens is 195 g/mol. The van der Waals surface area contributed by atoms with Gasteiger partial charge in [0.05, 0.1) is 12.5 Å². The molecule has 0 bridgehead atoms. The van der Waals surface area contributed by atoms with Crippen LogP contribution in [0.3, 0.4) is 0 Å². The molecule has 15 heavy (non-hydrogen) atoms. The van der Waals surface area contributed by atoms with Crippen molar-refractivity contribution in [2.75, 3.05) is 0 Å². The number of rotatable bonds is 2. The molecule has 4 nitrogen and oxygen atoms in total. The van der Waals surface area contributed by atoms with Gasteiger partial charge in [0, 0.05) is 0 Å². The molecule has 5 heteroatoms. The average molecular weight is 206 g/mol. The van der Waals surface area contributed by atoms with Gasteiger partial charge in [-0.3, -0.25) is 4.79 Å². The lowest BCUT2D eigenvalue weighted by Gasteiger charge is -2.08. The highest BCUT2D eigenvalue weighted by atomic mass is 16.5. The van der Waals surface area contributed by atoms with Gasteiger partial charge in [0.25, 0.3) is 0 Å². The maximum atomic E-state index is 10.8. The summed E-state index contributed by atoms with van der Waals surface area (Å²) in [6.45, 7) is 2.00. The summed E-state index contributed by atoms with van der Waals surface area (Å²) in [5, 5.41) is 18.3. The molecule has 1 aliphatic heterocycles. The van der Waals surface area contributed by atoms with Crippen LogP contribution in [-0.2, 0) is 16.1 Å². The van der Waals surface area contributed by atoms with E-state index >= 15 is 0 Å². The topological polar surface area (TPSA) is 66.8 Å². The Morgan fingerprint density at radius 1 is 1.60 bits per heavy atom. The van der Waals surface area contributed by atoms with Crippen LogP contribution in [0, 0.1) is 0 Å². The van der Waals surface area contributed by atoms with E-state index in [1.54, 1.807) is 25.1 Å². The normalized spacial score (nSPS) is 16.3. The lowest BCUT2D eigenvalue weighted by atomic mass is 9.78. The van der Waals surface area contributed by atoms with E-state index in [0.29, 0.717) is 17.6 Å². The van der Waals surface area contributed by atoms with E-state index in [-0.39, 0.29) is 0 Å².